The van der Waals surface area contributed by atoms with E-state index in [4.69, 9.17) is 23.2 Å². The van der Waals surface area contributed by atoms with Gasteiger partial charge in [0.05, 0.1) is 16.4 Å². The Kier molecular flexibility index (Phi) is 6.80. The van der Waals surface area contributed by atoms with Crippen molar-refractivity contribution in [2.75, 3.05) is 11.5 Å². The Morgan fingerprint density at radius 3 is 2.47 bits per heavy atom. The van der Waals surface area contributed by atoms with Crippen LogP contribution in [0.15, 0.2) is 48.5 Å². The lowest BCUT2D eigenvalue weighted by Gasteiger charge is -2.27. The molecule has 1 fully saturated rings. The van der Waals surface area contributed by atoms with E-state index in [0.717, 1.165) is 0 Å². The smallest absolute Gasteiger partial charge is 0.269 e. The van der Waals surface area contributed by atoms with Gasteiger partial charge >= 0.3 is 0 Å². The van der Waals surface area contributed by atoms with Crippen molar-refractivity contribution >= 4 is 50.7 Å². The van der Waals surface area contributed by atoms with Gasteiger partial charge in [0.15, 0.2) is 9.84 Å². The largest absolute Gasteiger partial charge is 0.331 e. The number of sulfone groups is 1. The average Bonchev–Trinajstić information content (AvgIpc) is 3.05. The third-order valence-electron chi connectivity index (χ3n) is 4.81. The summed E-state index contributed by atoms with van der Waals surface area (Å²) in [6, 6.07) is 10.2. The quantitative estimate of drug-likeness (QED) is 0.360. The lowest BCUT2D eigenvalue weighted by Crippen LogP contribution is -2.39. The second-order valence-corrected chi connectivity index (χ2v) is 10.0. The number of amides is 1. The number of rotatable bonds is 6. The maximum Gasteiger partial charge on any atom is 0.269 e. The van der Waals surface area contributed by atoms with Crippen molar-refractivity contribution in [3.63, 3.8) is 0 Å². The van der Waals surface area contributed by atoms with Crippen LogP contribution in [0.4, 0.5) is 5.69 Å². The maximum atomic E-state index is 12.9. The molecule has 0 aromatic heterocycles. The molecule has 2 aromatic carbocycles. The lowest BCUT2D eigenvalue weighted by molar-refractivity contribution is -0.384. The molecular weight excluding hydrogens is 451 g/mol. The fraction of sp³-hybridized carbons (Fsp3) is 0.250. The first-order valence-corrected chi connectivity index (χ1v) is 11.6. The zero-order valence-corrected chi connectivity index (χ0v) is 18.0. The number of non-ortho nitro benzene ring substituents is 1. The maximum absolute atomic E-state index is 12.9. The molecule has 2 aromatic rings. The van der Waals surface area contributed by atoms with Gasteiger partial charge in [-0.25, -0.2) is 8.42 Å². The first kappa shape index (κ1) is 22.3. The average molecular weight is 469 g/mol. The molecule has 0 radical (unpaired) electrons. The van der Waals surface area contributed by atoms with Crippen molar-refractivity contribution in [2.45, 2.75) is 19.0 Å². The van der Waals surface area contributed by atoms with E-state index in [9.17, 15) is 23.3 Å². The molecule has 1 unspecified atom stereocenters. The number of hydrogen-bond donors (Lipinski definition) is 0. The van der Waals surface area contributed by atoms with Crippen molar-refractivity contribution in [3.8, 4) is 0 Å². The number of nitro benzene ring substituents is 1. The molecule has 1 heterocycles. The molecule has 0 bridgehead atoms. The van der Waals surface area contributed by atoms with Gasteiger partial charge in [-0.1, -0.05) is 29.3 Å². The highest BCUT2D eigenvalue weighted by molar-refractivity contribution is 7.91. The Morgan fingerprint density at radius 2 is 1.90 bits per heavy atom. The molecule has 1 atom stereocenters. The SMILES string of the molecule is O=C(/C=C/c1ccc([N+](=O)[O-])cc1)N(Cc1ccc(Cl)cc1Cl)C1CCS(=O)(=O)C1. The molecule has 0 saturated carbocycles. The normalized spacial score (nSPS) is 17.9. The third-order valence-corrected chi connectivity index (χ3v) is 7.15. The summed E-state index contributed by atoms with van der Waals surface area (Å²) in [4.78, 5) is 24.7. The van der Waals surface area contributed by atoms with Crippen molar-refractivity contribution in [1.82, 2.24) is 4.90 Å². The molecule has 158 valence electrons. The molecule has 1 amide bonds. The van der Waals surface area contributed by atoms with Crippen molar-refractivity contribution in [2.24, 2.45) is 0 Å². The van der Waals surface area contributed by atoms with Gasteiger partial charge in [0.2, 0.25) is 5.91 Å². The first-order valence-electron chi connectivity index (χ1n) is 9.02. The van der Waals surface area contributed by atoms with Crippen LogP contribution >= 0.6 is 23.2 Å². The van der Waals surface area contributed by atoms with Gasteiger partial charge < -0.3 is 4.90 Å². The molecule has 7 nitrogen and oxygen atoms in total. The number of nitro groups is 1. The van der Waals surface area contributed by atoms with Crippen molar-refractivity contribution in [1.29, 1.82) is 0 Å². The molecule has 0 N–H and O–H groups in total. The lowest BCUT2D eigenvalue weighted by atomic mass is 10.1. The Morgan fingerprint density at radius 1 is 1.20 bits per heavy atom. The summed E-state index contributed by atoms with van der Waals surface area (Å²) >= 11 is 12.2. The number of halogens is 2. The Balaban J connectivity index is 1.83. The number of benzene rings is 2. The predicted octanol–water partition coefficient (Wildman–Crippen LogP) is 4.13. The Bertz CT molecular complexity index is 1100. The minimum Gasteiger partial charge on any atom is -0.331 e. The van der Waals surface area contributed by atoms with E-state index in [1.54, 1.807) is 18.2 Å². The van der Waals surface area contributed by atoms with Crippen molar-refractivity contribution < 1.29 is 18.1 Å². The van der Waals surface area contributed by atoms with Crippen LogP contribution in [-0.4, -0.2) is 41.7 Å². The van der Waals surface area contributed by atoms with Crippen LogP contribution in [0.3, 0.4) is 0 Å². The van der Waals surface area contributed by atoms with E-state index in [1.165, 1.54) is 41.3 Å². The standard InChI is InChI=1S/C20H18Cl2N2O5S/c21-16-5-4-15(19(22)11-16)12-23(18-9-10-30(28,29)13-18)20(25)8-3-14-1-6-17(7-2-14)24(26)27/h1-8,11,18H,9-10,12-13H2/b8-3+. The summed E-state index contributed by atoms with van der Waals surface area (Å²) in [5, 5.41) is 11.6. The van der Waals surface area contributed by atoms with Crippen LogP contribution in [0.2, 0.25) is 10.0 Å². The van der Waals surface area contributed by atoms with Crippen molar-refractivity contribution in [3.05, 3.63) is 79.8 Å². The minimum atomic E-state index is -3.20. The minimum absolute atomic E-state index is 0.0296. The molecule has 10 heteroatoms. The second-order valence-electron chi connectivity index (χ2n) is 6.94. The number of carbonyl (C=O) groups excluding carboxylic acids is 1. The van der Waals surface area contributed by atoms with Crippen LogP contribution in [-0.2, 0) is 21.2 Å². The molecule has 1 aliphatic heterocycles. The fourth-order valence-corrected chi connectivity index (χ4v) is 5.41. The first-order chi connectivity index (χ1) is 14.1. The number of hydrogen-bond acceptors (Lipinski definition) is 5. The highest BCUT2D eigenvalue weighted by atomic mass is 35.5. The second kappa shape index (κ2) is 9.16. The summed E-state index contributed by atoms with van der Waals surface area (Å²) < 4.78 is 23.9. The van der Waals surface area contributed by atoms with E-state index in [0.29, 0.717) is 27.6 Å². The summed E-state index contributed by atoms with van der Waals surface area (Å²) in [6.07, 6.45) is 3.21. The molecule has 0 spiro atoms. The summed E-state index contributed by atoms with van der Waals surface area (Å²) in [5.41, 5.74) is 1.22. The van der Waals surface area contributed by atoms with E-state index >= 15 is 0 Å². The van der Waals surface area contributed by atoms with Crippen LogP contribution in [0.1, 0.15) is 17.5 Å². The fourth-order valence-electron chi connectivity index (χ4n) is 3.21. The van der Waals surface area contributed by atoms with E-state index < -0.39 is 20.8 Å². The van der Waals surface area contributed by atoms with E-state index in [2.05, 4.69) is 0 Å². The third kappa shape index (κ3) is 5.59. The van der Waals surface area contributed by atoms with Gasteiger partial charge in [0.25, 0.3) is 5.69 Å². The number of carbonyl (C=O) groups is 1. The molecule has 1 saturated heterocycles. The monoisotopic (exact) mass is 468 g/mol. The number of nitrogens with zero attached hydrogens (tertiary/aromatic N) is 2. The topological polar surface area (TPSA) is 97.6 Å². The molecular formula is C20H18Cl2N2O5S. The van der Waals surface area contributed by atoms with Gasteiger partial charge in [-0.05, 0) is 47.9 Å². The summed E-state index contributed by atoms with van der Waals surface area (Å²) in [6.45, 7) is 0.139. The Labute approximate surface area is 184 Å². The Hall–Kier alpha value is -2.42. The summed E-state index contributed by atoms with van der Waals surface area (Å²) in [7, 11) is -3.20. The van der Waals surface area contributed by atoms with Crippen LogP contribution < -0.4 is 0 Å². The molecule has 3 rings (SSSR count). The van der Waals surface area contributed by atoms with Gasteiger partial charge in [0, 0.05) is 40.8 Å². The molecule has 1 aliphatic rings. The zero-order valence-electron chi connectivity index (χ0n) is 15.7. The summed E-state index contributed by atoms with van der Waals surface area (Å²) in [5.74, 6) is -0.446. The van der Waals surface area contributed by atoms with E-state index in [1.807, 2.05) is 0 Å². The van der Waals surface area contributed by atoms with Crippen LogP contribution in [0.5, 0.6) is 0 Å². The van der Waals surface area contributed by atoms with Crippen LogP contribution in [0.25, 0.3) is 6.08 Å². The molecule has 0 aliphatic carbocycles. The molecule has 30 heavy (non-hydrogen) atoms. The highest BCUT2D eigenvalue weighted by Crippen LogP contribution is 2.26. The van der Waals surface area contributed by atoms with Crippen LogP contribution in [0, 0.1) is 10.1 Å². The van der Waals surface area contributed by atoms with E-state index in [-0.39, 0.29) is 29.6 Å². The highest BCUT2D eigenvalue weighted by Gasteiger charge is 2.34. The van der Waals surface area contributed by atoms with Gasteiger partial charge in [-0.2, -0.15) is 0 Å². The van der Waals surface area contributed by atoms with Gasteiger partial charge in [-0.3, -0.25) is 14.9 Å². The van der Waals surface area contributed by atoms with Gasteiger partial charge in [0.1, 0.15) is 0 Å². The predicted molar refractivity (Wildman–Crippen MR) is 116 cm³/mol. The zero-order chi connectivity index (χ0) is 21.9. The van der Waals surface area contributed by atoms with Gasteiger partial charge in [-0.15, -0.1) is 0 Å².